The average molecular weight is 772 g/mol. The zero-order valence-electron chi connectivity index (χ0n) is 32.7. The molecule has 5 amide bonds. The number of ether oxygens (including phenoxy) is 2. The van der Waals surface area contributed by atoms with Crippen molar-refractivity contribution in [2.45, 2.75) is 64.1 Å². The van der Waals surface area contributed by atoms with Crippen LogP contribution in [-0.4, -0.2) is 94.0 Å². The lowest BCUT2D eigenvalue weighted by Gasteiger charge is -2.25. The SMILES string of the molecule is C=C/C(C(=C)C)=C(/C=CC)NC(=O)CNC(=O)C(CCCN=CN)NC(=O)[C@@H](Cc1ccccc1)NC(=O)[C@H](COCCCCOC)NC(=O)c1ccccc1. The molecule has 302 valence electrons. The number of allylic oxidation sites excluding steroid dienone is 5. The topological polar surface area (TPSA) is 202 Å². The molecule has 0 bridgehead atoms. The molecule has 0 heterocycles. The summed E-state index contributed by atoms with van der Waals surface area (Å²) in [6.07, 6.45) is 8.18. The summed E-state index contributed by atoms with van der Waals surface area (Å²) in [4.78, 5) is 71.6. The summed E-state index contributed by atoms with van der Waals surface area (Å²) >= 11 is 0. The molecule has 0 aliphatic carbocycles. The van der Waals surface area contributed by atoms with Gasteiger partial charge in [-0.05, 0) is 74.4 Å². The van der Waals surface area contributed by atoms with Crippen LogP contribution in [0.15, 0.2) is 114 Å². The van der Waals surface area contributed by atoms with Gasteiger partial charge in [0, 0.05) is 44.5 Å². The van der Waals surface area contributed by atoms with Crippen LogP contribution in [0.1, 0.15) is 55.5 Å². The van der Waals surface area contributed by atoms with Crippen LogP contribution in [0.25, 0.3) is 0 Å². The molecule has 56 heavy (non-hydrogen) atoms. The summed E-state index contributed by atoms with van der Waals surface area (Å²) in [5.41, 5.74) is 8.27. The third-order valence-electron chi connectivity index (χ3n) is 8.25. The maximum atomic E-state index is 14.0. The highest BCUT2D eigenvalue weighted by molar-refractivity contribution is 5.99. The molecule has 0 spiro atoms. The van der Waals surface area contributed by atoms with Crippen LogP contribution in [0, 0.1) is 0 Å². The summed E-state index contributed by atoms with van der Waals surface area (Å²) in [6.45, 7) is 11.9. The second-order valence-electron chi connectivity index (χ2n) is 12.8. The number of rotatable bonds is 26. The predicted molar refractivity (Wildman–Crippen MR) is 218 cm³/mol. The maximum Gasteiger partial charge on any atom is 0.251 e. The van der Waals surface area contributed by atoms with Gasteiger partial charge in [-0.15, -0.1) is 0 Å². The van der Waals surface area contributed by atoms with E-state index in [0.29, 0.717) is 48.5 Å². The summed E-state index contributed by atoms with van der Waals surface area (Å²) in [5.74, 6) is -2.93. The van der Waals surface area contributed by atoms with E-state index < -0.39 is 54.2 Å². The van der Waals surface area contributed by atoms with Crippen molar-refractivity contribution in [1.29, 1.82) is 0 Å². The molecule has 2 aromatic rings. The van der Waals surface area contributed by atoms with Crippen LogP contribution >= 0.6 is 0 Å². The lowest BCUT2D eigenvalue weighted by Crippen LogP contribution is -2.58. The molecule has 0 saturated heterocycles. The monoisotopic (exact) mass is 771 g/mol. The number of nitrogens with one attached hydrogen (secondary N) is 5. The molecular weight excluding hydrogens is 715 g/mol. The molecule has 0 aromatic heterocycles. The van der Waals surface area contributed by atoms with Gasteiger partial charge in [0.1, 0.15) is 18.1 Å². The first-order valence-corrected chi connectivity index (χ1v) is 18.5. The first kappa shape index (κ1) is 46.3. The summed E-state index contributed by atoms with van der Waals surface area (Å²) < 4.78 is 10.9. The summed E-state index contributed by atoms with van der Waals surface area (Å²) in [6, 6.07) is 14.0. The highest BCUT2D eigenvalue weighted by Crippen LogP contribution is 2.14. The van der Waals surface area contributed by atoms with Crippen molar-refractivity contribution in [1.82, 2.24) is 26.6 Å². The number of methoxy groups -OCH3 is 1. The smallest absolute Gasteiger partial charge is 0.251 e. The molecule has 14 nitrogen and oxygen atoms in total. The van der Waals surface area contributed by atoms with E-state index in [9.17, 15) is 24.0 Å². The normalized spacial score (nSPS) is 13.2. The first-order valence-electron chi connectivity index (χ1n) is 18.5. The number of benzene rings is 2. The zero-order valence-corrected chi connectivity index (χ0v) is 32.7. The van der Waals surface area contributed by atoms with Gasteiger partial charge in [-0.3, -0.25) is 29.0 Å². The van der Waals surface area contributed by atoms with E-state index in [1.807, 2.05) is 6.07 Å². The van der Waals surface area contributed by atoms with Crippen LogP contribution in [-0.2, 0) is 35.1 Å². The Morgan fingerprint density at radius 3 is 2.12 bits per heavy atom. The molecule has 1 unspecified atom stereocenters. The van der Waals surface area contributed by atoms with Crippen molar-refractivity contribution < 1.29 is 33.4 Å². The third-order valence-corrected chi connectivity index (χ3v) is 8.25. The van der Waals surface area contributed by atoms with Gasteiger partial charge >= 0.3 is 0 Å². The number of hydrogen-bond donors (Lipinski definition) is 6. The average Bonchev–Trinajstić information content (AvgIpc) is 3.19. The Balaban J connectivity index is 2.31. The fourth-order valence-electron chi connectivity index (χ4n) is 5.36. The van der Waals surface area contributed by atoms with Crippen LogP contribution < -0.4 is 32.3 Å². The van der Waals surface area contributed by atoms with E-state index in [1.54, 1.807) is 93.8 Å². The van der Waals surface area contributed by atoms with E-state index in [4.69, 9.17) is 15.2 Å². The standard InChI is InChI=1S/C42H57N7O7/c1-6-17-34(33(7-2)30(3)4)46-38(50)27-45-40(52)35(22-16-23-44-29-43)47-41(53)36(26-31-18-10-8-11-19-31)48-42(54)37(28-56-25-15-14-24-55-5)49-39(51)32-20-12-9-13-21-32/h6-13,17-21,29,35-37H,2-3,14-16,22-28H2,1,4-5H3,(H2,43,44)(H,45,52)(H,46,50)(H,47,53)(H,48,54)(H,49,51)/b17-6?,34-33+/t35?,36-,37+/m1/s1. The van der Waals surface area contributed by atoms with Crippen LogP contribution in [0.2, 0.25) is 0 Å². The highest BCUT2D eigenvalue weighted by Gasteiger charge is 2.30. The van der Waals surface area contributed by atoms with Gasteiger partial charge in [-0.1, -0.05) is 73.8 Å². The molecule has 0 aliphatic rings. The fraction of sp³-hybridized carbons (Fsp3) is 0.381. The molecule has 14 heteroatoms. The molecule has 2 rings (SSSR count). The molecule has 3 atom stereocenters. The molecule has 7 N–H and O–H groups in total. The second-order valence-corrected chi connectivity index (χ2v) is 12.8. The van der Waals surface area contributed by atoms with Gasteiger partial charge in [0.2, 0.25) is 23.6 Å². The molecule has 0 aliphatic heterocycles. The Bertz CT molecular complexity index is 1680. The quantitative estimate of drug-likeness (QED) is 0.0363. The Labute approximate surface area is 330 Å². The van der Waals surface area contributed by atoms with E-state index >= 15 is 0 Å². The predicted octanol–water partition coefficient (Wildman–Crippen LogP) is 3.03. The van der Waals surface area contributed by atoms with E-state index in [-0.39, 0.29) is 26.0 Å². The number of carbonyl (C=O) groups is 5. The van der Waals surface area contributed by atoms with Crippen molar-refractivity contribution in [2.24, 2.45) is 10.7 Å². The number of carbonyl (C=O) groups excluding carboxylic acids is 5. The minimum absolute atomic E-state index is 0.0677. The van der Waals surface area contributed by atoms with Gasteiger partial charge in [0.05, 0.1) is 19.5 Å². The van der Waals surface area contributed by atoms with Gasteiger partial charge in [-0.25, -0.2) is 0 Å². The maximum absolute atomic E-state index is 14.0. The Morgan fingerprint density at radius 1 is 0.857 bits per heavy atom. The second kappa shape index (κ2) is 26.8. The van der Waals surface area contributed by atoms with Crippen molar-refractivity contribution in [3.05, 3.63) is 120 Å². The molecular formula is C42H57N7O7. The van der Waals surface area contributed by atoms with E-state index in [0.717, 1.165) is 18.3 Å². The molecule has 0 fully saturated rings. The molecule has 0 saturated carbocycles. The van der Waals surface area contributed by atoms with Crippen LogP contribution in [0.5, 0.6) is 0 Å². The number of nitrogens with zero attached hydrogens (tertiary/aromatic N) is 1. The van der Waals surface area contributed by atoms with Crippen molar-refractivity contribution in [3.63, 3.8) is 0 Å². The van der Waals surface area contributed by atoms with Crippen molar-refractivity contribution in [3.8, 4) is 0 Å². The van der Waals surface area contributed by atoms with Crippen LogP contribution in [0.3, 0.4) is 0 Å². The number of aliphatic imine (C=N–C) groups is 1. The van der Waals surface area contributed by atoms with Crippen LogP contribution in [0.4, 0.5) is 0 Å². The lowest BCUT2D eigenvalue weighted by atomic mass is 10.0. The summed E-state index contributed by atoms with van der Waals surface area (Å²) in [5, 5.41) is 13.7. The number of amides is 5. The van der Waals surface area contributed by atoms with E-state index in [2.05, 4.69) is 44.7 Å². The Kier molecular flexibility index (Phi) is 22.2. The van der Waals surface area contributed by atoms with Gasteiger partial charge < -0.3 is 41.8 Å². The highest BCUT2D eigenvalue weighted by atomic mass is 16.5. The van der Waals surface area contributed by atoms with Gasteiger partial charge in [0.25, 0.3) is 5.91 Å². The lowest BCUT2D eigenvalue weighted by molar-refractivity contribution is -0.133. The molecule has 2 aromatic carbocycles. The molecule has 0 radical (unpaired) electrons. The Hall–Kier alpha value is -5.86. The fourth-order valence-corrected chi connectivity index (χ4v) is 5.36. The largest absolute Gasteiger partial charge is 0.390 e. The minimum Gasteiger partial charge on any atom is -0.390 e. The first-order chi connectivity index (χ1) is 27.0. The van der Waals surface area contributed by atoms with Crippen molar-refractivity contribution in [2.75, 3.05) is 40.0 Å². The minimum atomic E-state index is -1.17. The van der Waals surface area contributed by atoms with Crippen molar-refractivity contribution >= 4 is 35.9 Å². The van der Waals surface area contributed by atoms with Gasteiger partial charge in [0.15, 0.2) is 0 Å². The van der Waals surface area contributed by atoms with Gasteiger partial charge in [-0.2, -0.15) is 0 Å². The van der Waals surface area contributed by atoms with E-state index in [1.165, 1.54) is 0 Å². The number of unbranched alkanes of at least 4 members (excludes halogenated alkanes) is 1. The third kappa shape index (κ3) is 17.5. The zero-order chi connectivity index (χ0) is 41.1. The summed E-state index contributed by atoms with van der Waals surface area (Å²) in [7, 11) is 1.61. The number of hydrogen-bond acceptors (Lipinski definition) is 8. The Morgan fingerprint density at radius 2 is 1.50 bits per heavy atom. The number of nitrogens with two attached hydrogens (primary N) is 1.